The molecule has 24 heavy (non-hydrogen) atoms. The van der Waals surface area contributed by atoms with E-state index in [1.54, 1.807) is 26.2 Å². The molecule has 0 unspecified atom stereocenters. The quantitative estimate of drug-likeness (QED) is 0.765. The molecular weight excluding hydrogens is 324 g/mol. The summed E-state index contributed by atoms with van der Waals surface area (Å²) in [7, 11) is -1.88. The smallest absolute Gasteiger partial charge is 0.240 e. The standard InChI is InChI=1S/C18H30N2O3S/c1-15-14-18(16(2)13-17(15)23-3)24(21,22)19-9-8-12-20-10-6-4-5-7-11-20/h13-14,19H,4-12H2,1-3H3. The first kappa shape index (κ1) is 19.2. The molecule has 6 heteroatoms. The topological polar surface area (TPSA) is 58.6 Å². The molecule has 0 aliphatic carbocycles. The van der Waals surface area contributed by atoms with Crippen molar-refractivity contribution in [3.05, 3.63) is 23.3 Å². The summed E-state index contributed by atoms with van der Waals surface area (Å²) >= 11 is 0. The van der Waals surface area contributed by atoms with E-state index < -0.39 is 10.0 Å². The summed E-state index contributed by atoms with van der Waals surface area (Å²) in [5.74, 6) is 0.715. The van der Waals surface area contributed by atoms with Crippen LogP contribution in [0.25, 0.3) is 0 Å². The van der Waals surface area contributed by atoms with Crippen LogP contribution in [0.3, 0.4) is 0 Å². The van der Waals surface area contributed by atoms with Gasteiger partial charge >= 0.3 is 0 Å². The zero-order valence-electron chi connectivity index (χ0n) is 15.1. The third-order valence-corrected chi connectivity index (χ3v) is 6.23. The molecule has 1 aliphatic rings. The molecule has 0 saturated carbocycles. The van der Waals surface area contributed by atoms with Crippen molar-refractivity contribution < 1.29 is 13.2 Å². The number of aryl methyl sites for hydroxylation is 2. The maximum absolute atomic E-state index is 12.5. The monoisotopic (exact) mass is 354 g/mol. The highest BCUT2D eigenvalue weighted by Crippen LogP contribution is 2.25. The highest BCUT2D eigenvalue weighted by Gasteiger charge is 2.18. The van der Waals surface area contributed by atoms with E-state index >= 15 is 0 Å². The normalized spacial score (nSPS) is 16.8. The van der Waals surface area contributed by atoms with Crippen LogP contribution in [0, 0.1) is 13.8 Å². The predicted octanol–water partition coefficient (Wildman–Crippen LogP) is 2.86. The molecule has 0 amide bonds. The largest absolute Gasteiger partial charge is 0.496 e. The van der Waals surface area contributed by atoms with Gasteiger partial charge in [-0.1, -0.05) is 12.8 Å². The Labute approximate surface area is 146 Å². The van der Waals surface area contributed by atoms with Gasteiger partial charge in [0, 0.05) is 6.54 Å². The van der Waals surface area contributed by atoms with Gasteiger partial charge in [0.2, 0.25) is 10.0 Å². The summed E-state index contributed by atoms with van der Waals surface area (Å²) in [6, 6.07) is 3.46. The average molecular weight is 355 g/mol. The molecule has 1 fully saturated rings. The number of nitrogens with zero attached hydrogens (tertiary/aromatic N) is 1. The Morgan fingerprint density at radius 3 is 2.38 bits per heavy atom. The number of likely N-dealkylation sites (tertiary alicyclic amines) is 1. The van der Waals surface area contributed by atoms with E-state index in [1.807, 2.05) is 6.92 Å². The summed E-state index contributed by atoms with van der Waals surface area (Å²) in [4.78, 5) is 2.79. The third kappa shape index (κ3) is 5.19. The van der Waals surface area contributed by atoms with Gasteiger partial charge in [-0.15, -0.1) is 0 Å². The van der Waals surface area contributed by atoms with Crippen molar-refractivity contribution in [1.29, 1.82) is 0 Å². The van der Waals surface area contributed by atoms with Gasteiger partial charge in [-0.25, -0.2) is 13.1 Å². The minimum absolute atomic E-state index is 0.343. The van der Waals surface area contributed by atoms with E-state index in [-0.39, 0.29) is 0 Å². The molecule has 0 atom stereocenters. The van der Waals surface area contributed by atoms with Gasteiger partial charge in [-0.2, -0.15) is 0 Å². The zero-order chi connectivity index (χ0) is 17.6. The zero-order valence-corrected chi connectivity index (χ0v) is 15.9. The lowest BCUT2D eigenvalue weighted by molar-refractivity contribution is 0.282. The molecule has 0 aromatic heterocycles. The van der Waals surface area contributed by atoms with Gasteiger partial charge in [0.05, 0.1) is 12.0 Å². The van der Waals surface area contributed by atoms with Crippen LogP contribution < -0.4 is 9.46 Å². The number of methoxy groups -OCH3 is 1. The molecule has 2 rings (SSSR count). The Balaban J connectivity index is 1.90. The van der Waals surface area contributed by atoms with Crippen molar-refractivity contribution >= 4 is 10.0 Å². The fourth-order valence-electron chi connectivity index (χ4n) is 3.22. The molecule has 0 bridgehead atoms. The highest BCUT2D eigenvalue weighted by atomic mass is 32.2. The number of nitrogens with one attached hydrogen (secondary N) is 1. The third-order valence-electron chi connectivity index (χ3n) is 4.62. The molecule has 1 saturated heterocycles. The molecule has 1 aromatic carbocycles. The number of hydrogen-bond donors (Lipinski definition) is 1. The van der Waals surface area contributed by atoms with E-state index in [1.165, 1.54) is 25.7 Å². The van der Waals surface area contributed by atoms with E-state index in [0.29, 0.717) is 22.8 Å². The van der Waals surface area contributed by atoms with Crippen LogP contribution in [0.2, 0.25) is 0 Å². The van der Waals surface area contributed by atoms with E-state index in [2.05, 4.69) is 9.62 Å². The summed E-state index contributed by atoms with van der Waals surface area (Å²) in [5.41, 5.74) is 1.53. The van der Waals surface area contributed by atoms with Crippen molar-refractivity contribution in [1.82, 2.24) is 9.62 Å². The molecule has 1 aromatic rings. The Kier molecular flexibility index (Phi) is 7.07. The van der Waals surface area contributed by atoms with Crippen LogP contribution in [0.4, 0.5) is 0 Å². The van der Waals surface area contributed by atoms with Crippen LogP contribution in [-0.2, 0) is 10.0 Å². The van der Waals surface area contributed by atoms with E-state index in [0.717, 1.165) is 31.6 Å². The fraction of sp³-hybridized carbons (Fsp3) is 0.667. The van der Waals surface area contributed by atoms with Gasteiger partial charge in [0.1, 0.15) is 5.75 Å². The molecule has 5 nitrogen and oxygen atoms in total. The number of benzene rings is 1. The Morgan fingerprint density at radius 2 is 1.75 bits per heavy atom. The van der Waals surface area contributed by atoms with Gasteiger partial charge in [0.15, 0.2) is 0 Å². The van der Waals surface area contributed by atoms with Crippen molar-refractivity contribution in [2.75, 3.05) is 33.3 Å². The number of sulfonamides is 1. The van der Waals surface area contributed by atoms with Crippen molar-refractivity contribution in [3.8, 4) is 5.75 Å². The second kappa shape index (κ2) is 8.83. The SMILES string of the molecule is COc1cc(C)c(S(=O)(=O)NCCCN2CCCCCC2)cc1C. The Bertz CT molecular complexity index is 636. The number of rotatable bonds is 7. The van der Waals surface area contributed by atoms with Crippen molar-refractivity contribution in [2.45, 2.75) is 50.8 Å². The van der Waals surface area contributed by atoms with Crippen LogP contribution in [0.5, 0.6) is 5.75 Å². The fourth-order valence-corrected chi connectivity index (χ4v) is 4.60. The van der Waals surface area contributed by atoms with E-state index in [4.69, 9.17) is 4.74 Å². The van der Waals surface area contributed by atoms with Crippen molar-refractivity contribution in [3.63, 3.8) is 0 Å². The minimum Gasteiger partial charge on any atom is -0.496 e. The molecule has 0 radical (unpaired) electrons. The van der Waals surface area contributed by atoms with Gasteiger partial charge in [0.25, 0.3) is 0 Å². The summed E-state index contributed by atoms with van der Waals surface area (Å²) in [5, 5.41) is 0. The van der Waals surface area contributed by atoms with Gasteiger partial charge in [-0.3, -0.25) is 0 Å². The van der Waals surface area contributed by atoms with Crippen LogP contribution in [0.15, 0.2) is 17.0 Å². The molecular formula is C18H30N2O3S. The molecule has 0 spiro atoms. The summed E-state index contributed by atoms with van der Waals surface area (Å²) < 4.78 is 33.1. The lowest BCUT2D eigenvalue weighted by Gasteiger charge is -2.19. The Morgan fingerprint density at radius 1 is 1.08 bits per heavy atom. The number of hydrogen-bond acceptors (Lipinski definition) is 4. The molecule has 136 valence electrons. The summed E-state index contributed by atoms with van der Waals surface area (Å²) in [6.07, 6.45) is 6.00. The van der Waals surface area contributed by atoms with E-state index in [9.17, 15) is 8.42 Å². The lowest BCUT2D eigenvalue weighted by atomic mass is 10.1. The first-order chi connectivity index (χ1) is 11.4. The van der Waals surface area contributed by atoms with Gasteiger partial charge in [-0.05, 0) is 76.0 Å². The maximum atomic E-state index is 12.5. The Hall–Kier alpha value is -1.11. The second-order valence-corrected chi connectivity index (χ2v) is 8.33. The average Bonchev–Trinajstić information content (AvgIpc) is 2.82. The van der Waals surface area contributed by atoms with Crippen molar-refractivity contribution in [2.24, 2.45) is 0 Å². The molecule has 1 heterocycles. The maximum Gasteiger partial charge on any atom is 0.240 e. The second-order valence-electron chi connectivity index (χ2n) is 6.59. The molecule has 1 N–H and O–H groups in total. The summed E-state index contributed by atoms with van der Waals surface area (Å²) in [6.45, 7) is 7.38. The van der Waals surface area contributed by atoms with Crippen LogP contribution >= 0.6 is 0 Å². The lowest BCUT2D eigenvalue weighted by Crippen LogP contribution is -2.31. The van der Waals surface area contributed by atoms with Crippen LogP contribution in [-0.4, -0.2) is 46.6 Å². The minimum atomic E-state index is -3.47. The first-order valence-corrected chi connectivity index (χ1v) is 10.3. The molecule has 1 aliphatic heterocycles. The highest BCUT2D eigenvalue weighted by molar-refractivity contribution is 7.89. The predicted molar refractivity (Wildman–Crippen MR) is 97.2 cm³/mol. The number of ether oxygens (including phenoxy) is 1. The first-order valence-electron chi connectivity index (χ1n) is 8.81. The van der Waals surface area contributed by atoms with Gasteiger partial charge < -0.3 is 9.64 Å². The van der Waals surface area contributed by atoms with Crippen LogP contribution in [0.1, 0.15) is 43.2 Å².